The first kappa shape index (κ1) is 14.9. The molecule has 1 rings (SSSR count). The standard InChI is InChI=1S/C13H28N2O2/c1-16-10-11-17-9-5-8-15-7-4-2-3-6-13(15)12-14/h13H,2-12,14H2,1H3. The van der Waals surface area contributed by atoms with E-state index in [2.05, 4.69) is 4.90 Å². The van der Waals surface area contributed by atoms with Crippen LogP contribution >= 0.6 is 0 Å². The third kappa shape index (κ3) is 6.36. The molecule has 0 aromatic carbocycles. The molecule has 2 N–H and O–H groups in total. The molecule has 0 aromatic heterocycles. The molecule has 1 heterocycles. The van der Waals surface area contributed by atoms with Crippen molar-refractivity contribution in [2.45, 2.75) is 38.1 Å². The summed E-state index contributed by atoms with van der Waals surface area (Å²) in [5, 5.41) is 0. The lowest BCUT2D eigenvalue weighted by Crippen LogP contribution is -2.41. The fourth-order valence-electron chi connectivity index (χ4n) is 2.41. The van der Waals surface area contributed by atoms with E-state index >= 15 is 0 Å². The van der Waals surface area contributed by atoms with Gasteiger partial charge in [-0.15, -0.1) is 0 Å². The molecule has 0 bridgehead atoms. The first-order valence-corrected chi connectivity index (χ1v) is 6.89. The highest BCUT2D eigenvalue weighted by molar-refractivity contribution is 4.75. The van der Waals surface area contributed by atoms with Gasteiger partial charge in [-0.1, -0.05) is 12.8 Å². The molecule has 1 aliphatic rings. The van der Waals surface area contributed by atoms with Crippen LogP contribution in [0.4, 0.5) is 0 Å². The van der Waals surface area contributed by atoms with E-state index in [-0.39, 0.29) is 0 Å². The summed E-state index contributed by atoms with van der Waals surface area (Å²) in [6.45, 7) is 5.35. The fourth-order valence-corrected chi connectivity index (χ4v) is 2.41. The fraction of sp³-hybridized carbons (Fsp3) is 1.00. The van der Waals surface area contributed by atoms with Crippen molar-refractivity contribution in [2.75, 3.05) is 46.6 Å². The van der Waals surface area contributed by atoms with E-state index in [1.165, 1.54) is 32.2 Å². The van der Waals surface area contributed by atoms with Gasteiger partial charge in [-0.25, -0.2) is 0 Å². The van der Waals surface area contributed by atoms with Crippen LogP contribution in [-0.2, 0) is 9.47 Å². The predicted molar refractivity (Wildman–Crippen MR) is 70.2 cm³/mol. The van der Waals surface area contributed by atoms with Crippen molar-refractivity contribution in [3.63, 3.8) is 0 Å². The predicted octanol–water partition coefficient (Wildman–Crippen LogP) is 1.24. The van der Waals surface area contributed by atoms with Crippen LogP contribution in [0.15, 0.2) is 0 Å². The molecule has 1 atom stereocenters. The van der Waals surface area contributed by atoms with Gasteiger partial charge < -0.3 is 15.2 Å². The maximum Gasteiger partial charge on any atom is 0.0700 e. The maximum absolute atomic E-state index is 5.84. The highest BCUT2D eigenvalue weighted by Crippen LogP contribution is 2.16. The highest BCUT2D eigenvalue weighted by Gasteiger charge is 2.18. The lowest BCUT2D eigenvalue weighted by atomic mass is 10.1. The Hall–Kier alpha value is -0.160. The normalized spacial score (nSPS) is 22.6. The summed E-state index contributed by atoms with van der Waals surface area (Å²) in [6, 6.07) is 0.594. The Morgan fingerprint density at radius 2 is 2.06 bits per heavy atom. The van der Waals surface area contributed by atoms with Gasteiger partial charge in [0.2, 0.25) is 0 Å². The molecule has 0 spiro atoms. The quantitative estimate of drug-likeness (QED) is 0.653. The molecule has 4 heteroatoms. The zero-order valence-corrected chi connectivity index (χ0v) is 11.2. The molecular weight excluding hydrogens is 216 g/mol. The van der Waals surface area contributed by atoms with E-state index in [9.17, 15) is 0 Å². The van der Waals surface area contributed by atoms with Crippen LogP contribution in [0.3, 0.4) is 0 Å². The van der Waals surface area contributed by atoms with E-state index in [1.807, 2.05) is 0 Å². The SMILES string of the molecule is COCCOCCCN1CCCCCC1CN. The summed E-state index contributed by atoms with van der Waals surface area (Å²) in [7, 11) is 1.70. The first-order chi connectivity index (χ1) is 8.38. The van der Waals surface area contributed by atoms with Gasteiger partial charge >= 0.3 is 0 Å². The summed E-state index contributed by atoms with van der Waals surface area (Å²) in [5.41, 5.74) is 5.84. The van der Waals surface area contributed by atoms with Crippen LogP contribution in [0, 0.1) is 0 Å². The molecule has 0 radical (unpaired) electrons. The Bertz CT molecular complexity index is 179. The molecule has 1 fully saturated rings. The first-order valence-electron chi connectivity index (χ1n) is 6.89. The van der Waals surface area contributed by atoms with Crippen molar-refractivity contribution >= 4 is 0 Å². The summed E-state index contributed by atoms with van der Waals surface area (Å²) < 4.78 is 10.4. The Balaban J connectivity index is 2.10. The zero-order valence-electron chi connectivity index (χ0n) is 11.2. The van der Waals surface area contributed by atoms with Crippen molar-refractivity contribution in [3.05, 3.63) is 0 Å². The van der Waals surface area contributed by atoms with Gasteiger partial charge in [0.25, 0.3) is 0 Å². The summed E-state index contributed by atoms with van der Waals surface area (Å²) in [4.78, 5) is 2.55. The van der Waals surface area contributed by atoms with Crippen LogP contribution < -0.4 is 5.73 Å². The molecule has 0 aromatic rings. The largest absolute Gasteiger partial charge is 0.382 e. The van der Waals surface area contributed by atoms with Crippen LogP contribution in [0.25, 0.3) is 0 Å². The number of ether oxygens (including phenoxy) is 2. The van der Waals surface area contributed by atoms with Crippen molar-refractivity contribution in [1.82, 2.24) is 4.90 Å². The van der Waals surface area contributed by atoms with Gasteiger partial charge in [0.15, 0.2) is 0 Å². The highest BCUT2D eigenvalue weighted by atomic mass is 16.5. The lowest BCUT2D eigenvalue weighted by molar-refractivity contribution is 0.0629. The second-order valence-electron chi connectivity index (χ2n) is 4.73. The average Bonchev–Trinajstić information content (AvgIpc) is 2.58. The van der Waals surface area contributed by atoms with E-state index < -0.39 is 0 Å². The van der Waals surface area contributed by atoms with Crippen molar-refractivity contribution in [3.8, 4) is 0 Å². The zero-order chi connectivity index (χ0) is 12.3. The Labute approximate surface area is 105 Å². The van der Waals surface area contributed by atoms with Gasteiger partial charge in [0.1, 0.15) is 0 Å². The number of hydrogen-bond donors (Lipinski definition) is 1. The number of hydrogen-bond acceptors (Lipinski definition) is 4. The van der Waals surface area contributed by atoms with Crippen LogP contribution in [0.2, 0.25) is 0 Å². The van der Waals surface area contributed by atoms with E-state index in [0.717, 1.165) is 26.1 Å². The van der Waals surface area contributed by atoms with Gasteiger partial charge in [-0.05, 0) is 25.8 Å². The Morgan fingerprint density at radius 1 is 1.18 bits per heavy atom. The van der Waals surface area contributed by atoms with E-state index in [0.29, 0.717) is 19.3 Å². The average molecular weight is 244 g/mol. The van der Waals surface area contributed by atoms with Gasteiger partial charge in [-0.2, -0.15) is 0 Å². The molecule has 4 nitrogen and oxygen atoms in total. The molecule has 0 saturated carbocycles. The number of nitrogens with two attached hydrogens (primary N) is 1. The van der Waals surface area contributed by atoms with E-state index in [1.54, 1.807) is 7.11 Å². The second kappa shape index (κ2) is 9.83. The maximum atomic E-state index is 5.84. The number of nitrogens with zero attached hydrogens (tertiary/aromatic N) is 1. The Kier molecular flexibility index (Phi) is 8.61. The lowest BCUT2D eigenvalue weighted by Gasteiger charge is -2.28. The number of likely N-dealkylation sites (tertiary alicyclic amines) is 1. The molecular formula is C13H28N2O2. The minimum Gasteiger partial charge on any atom is -0.382 e. The second-order valence-corrected chi connectivity index (χ2v) is 4.73. The van der Waals surface area contributed by atoms with Crippen molar-refractivity contribution in [2.24, 2.45) is 5.73 Å². The molecule has 17 heavy (non-hydrogen) atoms. The van der Waals surface area contributed by atoms with E-state index in [4.69, 9.17) is 15.2 Å². The number of methoxy groups -OCH3 is 1. The number of rotatable bonds is 8. The minimum absolute atomic E-state index is 0.594. The van der Waals surface area contributed by atoms with Crippen molar-refractivity contribution < 1.29 is 9.47 Å². The molecule has 1 unspecified atom stereocenters. The molecule has 102 valence electrons. The minimum atomic E-state index is 0.594. The molecule has 1 saturated heterocycles. The van der Waals surface area contributed by atoms with Crippen LogP contribution in [0.5, 0.6) is 0 Å². The monoisotopic (exact) mass is 244 g/mol. The smallest absolute Gasteiger partial charge is 0.0700 e. The van der Waals surface area contributed by atoms with Crippen LogP contribution in [-0.4, -0.2) is 57.5 Å². The van der Waals surface area contributed by atoms with Gasteiger partial charge in [-0.3, -0.25) is 4.90 Å². The van der Waals surface area contributed by atoms with Gasteiger partial charge in [0.05, 0.1) is 13.2 Å². The Morgan fingerprint density at radius 3 is 2.82 bits per heavy atom. The summed E-state index contributed by atoms with van der Waals surface area (Å²) >= 11 is 0. The molecule has 1 aliphatic heterocycles. The van der Waals surface area contributed by atoms with Crippen molar-refractivity contribution in [1.29, 1.82) is 0 Å². The molecule has 0 aliphatic carbocycles. The van der Waals surface area contributed by atoms with Crippen LogP contribution in [0.1, 0.15) is 32.1 Å². The molecule has 0 amide bonds. The summed E-state index contributed by atoms with van der Waals surface area (Å²) in [6.07, 6.45) is 6.38. The third-order valence-electron chi connectivity index (χ3n) is 3.44. The third-order valence-corrected chi connectivity index (χ3v) is 3.44. The summed E-state index contributed by atoms with van der Waals surface area (Å²) in [5.74, 6) is 0. The topological polar surface area (TPSA) is 47.7 Å². The van der Waals surface area contributed by atoms with Gasteiger partial charge in [0, 0.05) is 32.8 Å².